The van der Waals surface area contributed by atoms with Gasteiger partial charge in [-0.1, -0.05) is 12.1 Å². The molecule has 0 aliphatic carbocycles. The van der Waals surface area contributed by atoms with Crippen LogP contribution in [0.5, 0.6) is 0 Å². The molecule has 1 nitrogen and oxygen atoms in total. The minimum Gasteiger partial charge on any atom is -0.205 e. The standard InChI is InChI=1S/C11H10ClF2N/c12-6-2-5-9-8(7-15)3-1-4-10(9)11(13)14/h1,3-4,11H,2,5-6H2. The summed E-state index contributed by atoms with van der Waals surface area (Å²) in [7, 11) is 0. The van der Waals surface area contributed by atoms with Gasteiger partial charge < -0.3 is 0 Å². The molecule has 0 unspecified atom stereocenters. The average molecular weight is 230 g/mol. The molecule has 4 heteroatoms. The van der Waals surface area contributed by atoms with Crippen LogP contribution in [0.3, 0.4) is 0 Å². The van der Waals surface area contributed by atoms with Crippen molar-refractivity contribution in [1.82, 2.24) is 0 Å². The molecule has 0 heterocycles. The minimum atomic E-state index is -2.54. The summed E-state index contributed by atoms with van der Waals surface area (Å²) in [5, 5.41) is 8.80. The van der Waals surface area contributed by atoms with Crippen LogP contribution in [-0.4, -0.2) is 5.88 Å². The number of nitriles is 1. The largest absolute Gasteiger partial charge is 0.264 e. The van der Waals surface area contributed by atoms with Gasteiger partial charge in [0.2, 0.25) is 0 Å². The highest BCUT2D eigenvalue weighted by atomic mass is 35.5. The molecule has 80 valence electrons. The van der Waals surface area contributed by atoms with Crippen molar-refractivity contribution in [1.29, 1.82) is 5.26 Å². The van der Waals surface area contributed by atoms with E-state index < -0.39 is 6.43 Å². The second-order valence-corrected chi connectivity index (χ2v) is 3.46. The van der Waals surface area contributed by atoms with E-state index in [9.17, 15) is 8.78 Å². The molecule has 0 fully saturated rings. The lowest BCUT2D eigenvalue weighted by Gasteiger charge is -2.09. The zero-order valence-electron chi connectivity index (χ0n) is 8.01. The van der Waals surface area contributed by atoms with E-state index in [1.54, 1.807) is 6.07 Å². The molecule has 0 amide bonds. The Kier molecular flexibility index (Phi) is 4.51. The summed E-state index contributed by atoms with van der Waals surface area (Å²) in [6, 6.07) is 6.31. The third kappa shape index (κ3) is 2.90. The van der Waals surface area contributed by atoms with Crippen LogP contribution in [0.15, 0.2) is 18.2 Å². The maximum Gasteiger partial charge on any atom is 0.264 e. The number of benzene rings is 1. The molecular formula is C11H10ClF2N. The summed E-state index contributed by atoms with van der Waals surface area (Å²) in [4.78, 5) is 0. The molecule has 0 saturated carbocycles. The fourth-order valence-corrected chi connectivity index (χ4v) is 1.57. The summed E-state index contributed by atoms with van der Waals surface area (Å²) in [5.41, 5.74) is 0.688. The van der Waals surface area contributed by atoms with Gasteiger partial charge in [-0.3, -0.25) is 0 Å². The fourth-order valence-electron chi connectivity index (χ4n) is 1.44. The van der Waals surface area contributed by atoms with Gasteiger partial charge in [-0.15, -0.1) is 11.6 Å². The van der Waals surface area contributed by atoms with Crippen LogP contribution < -0.4 is 0 Å². The van der Waals surface area contributed by atoms with Crippen molar-refractivity contribution in [2.45, 2.75) is 19.3 Å². The van der Waals surface area contributed by atoms with Gasteiger partial charge in [0.05, 0.1) is 11.6 Å². The van der Waals surface area contributed by atoms with E-state index in [-0.39, 0.29) is 5.56 Å². The van der Waals surface area contributed by atoms with Crippen LogP contribution in [0.4, 0.5) is 8.78 Å². The number of rotatable bonds is 4. The predicted octanol–water partition coefficient (Wildman–Crippen LogP) is 3.67. The molecule has 15 heavy (non-hydrogen) atoms. The fraction of sp³-hybridized carbons (Fsp3) is 0.364. The van der Waals surface area contributed by atoms with Gasteiger partial charge in [-0.25, -0.2) is 8.78 Å². The average Bonchev–Trinajstić information content (AvgIpc) is 2.25. The van der Waals surface area contributed by atoms with Gasteiger partial charge >= 0.3 is 0 Å². The lowest BCUT2D eigenvalue weighted by Crippen LogP contribution is -1.99. The zero-order valence-corrected chi connectivity index (χ0v) is 8.77. The summed E-state index contributed by atoms with van der Waals surface area (Å²) in [6.07, 6.45) is -1.52. The van der Waals surface area contributed by atoms with E-state index in [0.29, 0.717) is 29.8 Å². The maximum atomic E-state index is 12.6. The van der Waals surface area contributed by atoms with E-state index in [4.69, 9.17) is 16.9 Å². The molecule has 0 spiro atoms. The van der Waals surface area contributed by atoms with Crippen molar-refractivity contribution in [3.05, 3.63) is 34.9 Å². The number of alkyl halides is 3. The second kappa shape index (κ2) is 5.67. The van der Waals surface area contributed by atoms with E-state index in [1.807, 2.05) is 6.07 Å². The first kappa shape index (κ1) is 11.9. The van der Waals surface area contributed by atoms with Crippen molar-refractivity contribution in [2.24, 2.45) is 0 Å². The normalized spacial score (nSPS) is 10.3. The lowest BCUT2D eigenvalue weighted by atomic mass is 9.98. The lowest BCUT2D eigenvalue weighted by molar-refractivity contribution is 0.150. The Hall–Kier alpha value is -1.14. The monoisotopic (exact) mass is 229 g/mol. The Balaban J connectivity index is 3.10. The number of hydrogen-bond donors (Lipinski definition) is 0. The SMILES string of the molecule is N#Cc1cccc(C(F)F)c1CCCCl. The van der Waals surface area contributed by atoms with Crippen LogP contribution in [0.25, 0.3) is 0 Å². The van der Waals surface area contributed by atoms with Gasteiger partial charge in [0.15, 0.2) is 0 Å². The molecule has 0 saturated heterocycles. The molecule has 0 aliphatic heterocycles. The number of nitrogens with zero attached hydrogens (tertiary/aromatic N) is 1. The van der Waals surface area contributed by atoms with Gasteiger partial charge in [0.1, 0.15) is 0 Å². The van der Waals surface area contributed by atoms with Crippen LogP contribution >= 0.6 is 11.6 Å². The van der Waals surface area contributed by atoms with Gasteiger partial charge in [0, 0.05) is 11.4 Å². The van der Waals surface area contributed by atoms with Crippen LogP contribution in [0, 0.1) is 11.3 Å². The molecule has 0 bridgehead atoms. The molecule has 0 radical (unpaired) electrons. The summed E-state index contributed by atoms with van der Waals surface area (Å²) in [6.45, 7) is 0. The molecule has 0 aromatic heterocycles. The Bertz CT molecular complexity index is 371. The van der Waals surface area contributed by atoms with Gasteiger partial charge in [-0.05, 0) is 24.5 Å². The molecule has 1 rings (SSSR count). The van der Waals surface area contributed by atoms with Crippen LogP contribution in [0.2, 0.25) is 0 Å². The topological polar surface area (TPSA) is 23.8 Å². The van der Waals surface area contributed by atoms with Crippen molar-refractivity contribution >= 4 is 11.6 Å². The Morgan fingerprint density at radius 1 is 1.40 bits per heavy atom. The first-order valence-electron chi connectivity index (χ1n) is 4.56. The molecule has 0 N–H and O–H groups in total. The number of halogens is 3. The van der Waals surface area contributed by atoms with E-state index in [2.05, 4.69) is 0 Å². The molecule has 0 aliphatic rings. The highest BCUT2D eigenvalue weighted by Crippen LogP contribution is 2.26. The smallest absolute Gasteiger partial charge is 0.205 e. The predicted molar refractivity (Wildman–Crippen MR) is 55.2 cm³/mol. The summed E-state index contributed by atoms with van der Waals surface area (Å²) >= 11 is 5.51. The van der Waals surface area contributed by atoms with Crippen LogP contribution in [-0.2, 0) is 6.42 Å². The van der Waals surface area contributed by atoms with E-state index in [1.165, 1.54) is 12.1 Å². The molecule has 1 aromatic rings. The van der Waals surface area contributed by atoms with Crippen molar-refractivity contribution in [3.63, 3.8) is 0 Å². The third-order valence-corrected chi connectivity index (χ3v) is 2.40. The minimum absolute atomic E-state index is 0.0563. The highest BCUT2D eigenvalue weighted by Gasteiger charge is 2.15. The third-order valence-electron chi connectivity index (χ3n) is 2.13. The Labute approximate surface area is 92.3 Å². The quantitative estimate of drug-likeness (QED) is 0.723. The van der Waals surface area contributed by atoms with Crippen LogP contribution in [0.1, 0.15) is 29.5 Å². The molecule has 1 aromatic carbocycles. The van der Waals surface area contributed by atoms with Crippen molar-refractivity contribution < 1.29 is 8.78 Å². The van der Waals surface area contributed by atoms with E-state index >= 15 is 0 Å². The summed E-state index contributed by atoms with van der Waals surface area (Å²) in [5.74, 6) is 0.405. The first-order chi connectivity index (χ1) is 7.20. The Morgan fingerprint density at radius 2 is 2.13 bits per heavy atom. The first-order valence-corrected chi connectivity index (χ1v) is 5.10. The number of hydrogen-bond acceptors (Lipinski definition) is 1. The Morgan fingerprint density at radius 3 is 2.67 bits per heavy atom. The summed E-state index contributed by atoms with van der Waals surface area (Å²) < 4.78 is 25.3. The second-order valence-electron chi connectivity index (χ2n) is 3.08. The van der Waals surface area contributed by atoms with Gasteiger partial charge in [0.25, 0.3) is 6.43 Å². The highest BCUT2D eigenvalue weighted by molar-refractivity contribution is 6.17. The van der Waals surface area contributed by atoms with Crippen molar-refractivity contribution in [2.75, 3.05) is 5.88 Å². The van der Waals surface area contributed by atoms with Gasteiger partial charge in [-0.2, -0.15) is 5.26 Å². The zero-order chi connectivity index (χ0) is 11.3. The van der Waals surface area contributed by atoms with Crippen molar-refractivity contribution in [3.8, 4) is 6.07 Å². The molecule has 0 atom stereocenters. The van der Waals surface area contributed by atoms with E-state index in [0.717, 1.165) is 0 Å². The molecular weight excluding hydrogens is 220 g/mol. The maximum absolute atomic E-state index is 12.6.